The van der Waals surface area contributed by atoms with Gasteiger partial charge < -0.3 is 15.2 Å². The van der Waals surface area contributed by atoms with Gasteiger partial charge in [-0.05, 0) is 36.9 Å². The monoisotopic (exact) mass is 485 g/mol. The minimum Gasteiger partial charge on any atom is -0.342 e. The number of aromatic nitrogens is 3. The number of amides is 2. The molecule has 178 valence electrons. The summed E-state index contributed by atoms with van der Waals surface area (Å²) in [4.78, 5) is 25.5. The van der Waals surface area contributed by atoms with Crippen LogP contribution in [-0.4, -0.2) is 32.3 Å². The SMILES string of the molecule is C=CCn1c(SCC(=O)Nc2cccc3ccccc23)nnc1[C@H](C)NC(=O)c1ccccc1C. The Labute approximate surface area is 208 Å². The molecule has 0 fully saturated rings. The molecule has 0 saturated carbocycles. The van der Waals surface area contributed by atoms with E-state index < -0.39 is 0 Å². The quantitative estimate of drug-likeness (QED) is 0.253. The molecule has 0 aliphatic heterocycles. The van der Waals surface area contributed by atoms with Gasteiger partial charge in [0.15, 0.2) is 11.0 Å². The number of thioether (sulfide) groups is 1. The second-order valence-corrected chi connectivity index (χ2v) is 9.06. The van der Waals surface area contributed by atoms with Crippen LogP contribution in [0.1, 0.15) is 34.7 Å². The maximum atomic E-state index is 12.8. The number of fused-ring (bicyclic) bond motifs is 1. The number of allylic oxidation sites excluding steroid dienone is 1. The predicted molar refractivity (Wildman–Crippen MR) is 141 cm³/mol. The summed E-state index contributed by atoms with van der Waals surface area (Å²) in [6.45, 7) is 8.05. The lowest BCUT2D eigenvalue weighted by atomic mass is 10.1. The van der Waals surface area contributed by atoms with Gasteiger partial charge in [0.2, 0.25) is 5.91 Å². The normalized spacial score (nSPS) is 11.7. The summed E-state index contributed by atoms with van der Waals surface area (Å²) in [5.41, 5.74) is 2.29. The number of carbonyl (C=O) groups is 2. The molecule has 0 saturated heterocycles. The topological polar surface area (TPSA) is 88.9 Å². The Hall–Kier alpha value is -3.91. The fourth-order valence-electron chi connectivity index (χ4n) is 3.85. The van der Waals surface area contributed by atoms with Gasteiger partial charge in [-0.1, -0.05) is 72.4 Å². The first kappa shape index (κ1) is 24.2. The van der Waals surface area contributed by atoms with Gasteiger partial charge in [0.1, 0.15) is 0 Å². The van der Waals surface area contributed by atoms with Crippen molar-refractivity contribution in [3.8, 4) is 0 Å². The molecule has 0 radical (unpaired) electrons. The van der Waals surface area contributed by atoms with E-state index in [9.17, 15) is 9.59 Å². The van der Waals surface area contributed by atoms with Gasteiger partial charge >= 0.3 is 0 Å². The lowest BCUT2D eigenvalue weighted by Gasteiger charge is -2.16. The van der Waals surface area contributed by atoms with E-state index in [1.54, 1.807) is 12.1 Å². The molecular formula is C27H27N5O2S. The Morgan fingerprint density at radius 3 is 2.60 bits per heavy atom. The molecule has 3 aromatic carbocycles. The standard InChI is InChI=1S/C27H27N5O2S/c1-4-16-32-25(19(3)28-26(34)21-13-7-5-10-18(21)2)30-31-27(32)35-17-24(33)29-23-15-9-12-20-11-6-8-14-22(20)23/h4-15,19H,1,16-17H2,2-3H3,(H,28,34)(H,29,33)/t19-/m0/s1. The number of hydrogen-bond donors (Lipinski definition) is 2. The fourth-order valence-corrected chi connectivity index (χ4v) is 4.60. The van der Waals surface area contributed by atoms with E-state index in [1.807, 2.05) is 79.1 Å². The summed E-state index contributed by atoms with van der Waals surface area (Å²) in [5.74, 6) is 0.459. The van der Waals surface area contributed by atoms with E-state index >= 15 is 0 Å². The Morgan fingerprint density at radius 2 is 1.80 bits per heavy atom. The molecule has 2 amide bonds. The van der Waals surface area contributed by atoms with Crippen molar-refractivity contribution in [3.63, 3.8) is 0 Å². The van der Waals surface area contributed by atoms with Crippen LogP contribution in [0.15, 0.2) is 84.5 Å². The van der Waals surface area contributed by atoms with E-state index in [-0.39, 0.29) is 23.6 Å². The van der Waals surface area contributed by atoms with Gasteiger partial charge in [-0.3, -0.25) is 9.59 Å². The largest absolute Gasteiger partial charge is 0.342 e. The molecule has 2 N–H and O–H groups in total. The lowest BCUT2D eigenvalue weighted by molar-refractivity contribution is -0.113. The van der Waals surface area contributed by atoms with Crippen molar-refractivity contribution >= 4 is 40.0 Å². The molecule has 4 rings (SSSR count). The van der Waals surface area contributed by atoms with Gasteiger partial charge in [-0.25, -0.2) is 0 Å². The molecule has 0 aliphatic carbocycles. The number of nitrogens with one attached hydrogen (secondary N) is 2. The van der Waals surface area contributed by atoms with E-state index in [1.165, 1.54) is 11.8 Å². The molecule has 8 heteroatoms. The van der Waals surface area contributed by atoms with Gasteiger partial charge in [-0.15, -0.1) is 16.8 Å². The number of rotatable bonds is 9. The lowest BCUT2D eigenvalue weighted by Crippen LogP contribution is -2.29. The zero-order chi connectivity index (χ0) is 24.8. The van der Waals surface area contributed by atoms with Crippen molar-refractivity contribution in [2.45, 2.75) is 31.6 Å². The van der Waals surface area contributed by atoms with Crippen LogP contribution in [-0.2, 0) is 11.3 Å². The third-order valence-corrected chi connectivity index (χ3v) is 6.54. The van der Waals surface area contributed by atoms with Crippen molar-refractivity contribution in [1.82, 2.24) is 20.1 Å². The Balaban J connectivity index is 1.44. The summed E-state index contributed by atoms with van der Waals surface area (Å²) in [6.07, 6.45) is 1.74. The summed E-state index contributed by atoms with van der Waals surface area (Å²) in [7, 11) is 0. The minimum atomic E-state index is -0.381. The number of hydrogen-bond acceptors (Lipinski definition) is 5. The number of nitrogens with zero attached hydrogens (tertiary/aromatic N) is 3. The van der Waals surface area contributed by atoms with Crippen molar-refractivity contribution in [2.24, 2.45) is 0 Å². The molecule has 0 aliphatic rings. The minimum absolute atomic E-state index is 0.137. The first-order valence-corrected chi connectivity index (χ1v) is 12.3. The number of benzene rings is 3. The van der Waals surface area contributed by atoms with Crippen molar-refractivity contribution in [1.29, 1.82) is 0 Å². The van der Waals surface area contributed by atoms with Crippen molar-refractivity contribution in [2.75, 3.05) is 11.1 Å². The fraction of sp³-hybridized carbons (Fsp3) is 0.185. The second kappa shape index (κ2) is 11.0. The maximum absolute atomic E-state index is 12.8. The Bertz CT molecular complexity index is 1380. The van der Waals surface area contributed by atoms with Crippen LogP contribution >= 0.6 is 11.8 Å². The van der Waals surface area contributed by atoms with Crippen LogP contribution in [0.3, 0.4) is 0 Å². The number of anilines is 1. The highest BCUT2D eigenvalue weighted by atomic mass is 32.2. The Morgan fingerprint density at radius 1 is 1.06 bits per heavy atom. The van der Waals surface area contributed by atoms with Gasteiger partial charge in [-0.2, -0.15) is 0 Å². The van der Waals surface area contributed by atoms with E-state index in [2.05, 4.69) is 27.4 Å². The van der Waals surface area contributed by atoms with Crippen LogP contribution in [0.5, 0.6) is 0 Å². The van der Waals surface area contributed by atoms with E-state index in [0.717, 1.165) is 22.0 Å². The third-order valence-electron chi connectivity index (χ3n) is 5.58. The summed E-state index contributed by atoms with van der Waals surface area (Å²) in [5, 5.41) is 17.2. The summed E-state index contributed by atoms with van der Waals surface area (Å²) >= 11 is 1.29. The molecule has 0 unspecified atom stereocenters. The van der Waals surface area contributed by atoms with Crippen LogP contribution in [0, 0.1) is 6.92 Å². The van der Waals surface area contributed by atoms with Gasteiger partial charge in [0, 0.05) is 23.2 Å². The number of aryl methyl sites for hydroxylation is 1. The second-order valence-electron chi connectivity index (χ2n) is 8.11. The van der Waals surface area contributed by atoms with Gasteiger partial charge in [0.05, 0.1) is 11.8 Å². The molecule has 4 aromatic rings. The van der Waals surface area contributed by atoms with Crippen LogP contribution < -0.4 is 10.6 Å². The molecule has 7 nitrogen and oxygen atoms in total. The molecule has 0 bridgehead atoms. The van der Waals surface area contributed by atoms with E-state index in [0.29, 0.717) is 23.1 Å². The first-order valence-electron chi connectivity index (χ1n) is 11.3. The zero-order valence-corrected chi connectivity index (χ0v) is 20.5. The molecule has 1 aromatic heterocycles. The van der Waals surface area contributed by atoms with Gasteiger partial charge in [0.25, 0.3) is 5.91 Å². The highest BCUT2D eigenvalue weighted by Crippen LogP contribution is 2.25. The summed E-state index contributed by atoms with van der Waals surface area (Å²) < 4.78 is 1.87. The molecule has 1 heterocycles. The maximum Gasteiger partial charge on any atom is 0.252 e. The van der Waals surface area contributed by atoms with E-state index in [4.69, 9.17) is 0 Å². The first-order chi connectivity index (χ1) is 17.0. The Kier molecular flexibility index (Phi) is 7.62. The van der Waals surface area contributed by atoms with Crippen LogP contribution in [0.4, 0.5) is 5.69 Å². The van der Waals surface area contributed by atoms with Crippen molar-refractivity contribution in [3.05, 3.63) is 96.3 Å². The molecular weight excluding hydrogens is 458 g/mol. The zero-order valence-electron chi connectivity index (χ0n) is 19.7. The van der Waals surface area contributed by atoms with Crippen molar-refractivity contribution < 1.29 is 9.59 Å². The van der Waals surface area contributed by atoms with Crippen LogP contribution in [0.2, 0.25) is 0 Å². The molecule has 0 spiro atoms. The smallest absolute Gasteiger partial charge is 0.252 e. The average molecular weight is 486 g/mol. The molecule has 1 atom stereocenters. The average Bonchev–Trinajstić information content (AvgIpc) is 3.26. The molecule has 35 heavy (non-hydrogen) atoms. The highest BCUT2D eigenvalue weighted by Gasteiger charge is 2.21. The highest BCUT2D eigenvalue weighted by molar-refractivity contribution is 7.99. The third kappa shape index (κ3) is 5.60. The number of carbonyl (C=O) groups excluding carboxylic acids is 2. The van der Waals surface area contributed by atoms with Crippen LogP contribution in [0.25, 0.3) is 10.8 Å². The summed E-state index contributed by atoms with van der Waals surface area (Å²) in [6, 6.07) is 20.8. The predicted octanol–water partition coefficient (Wildman–Crippen LogP) is 5.15.